The van der Waals surface area contributed by atoms with Gasteiger partial charge in [0, 0.05) is 39.6 Å². The van der Waals surface area contributed by atoms with E-state index in [2.05, 4.69) is 15.5 Å². The lowest BCUT2D eigenvalue weighted by Crippen LogP contribution is -2.36. The molecular weight excluding hydrogens is 268 g/mol. The van der Waals surface area contributed by atoms with E-state index in [1.807, 2.05) is 18.0 Å². The summed E-state index contributed by atoms with van der Waals surface area (Å²) in [6.45, 7) is 2.23. The van der Waals surface area contributed by atoms with Crippen LogP contribution in [0.3, 0.4) is 0 Å². The summed E-state index contributed by atoms with van der Waals surface area (Å²) in [6, 6.07) is 1.99. The molecule has 0 radical (unpaired) electrons. The van der Waals surface area contributed by atoms with E-state index in [0.29, 0.717) is 13.0 Å². The molecule has 6 nitrogen and oxygen atoms in total. The second-order valence-corrected chi connectivity index (χ2v) is 5.69. The van der Waals surface area contributed by atoms with Gasteiger partial charge in [0.15, 0.2) is 0 Å². The van der Waals surface area contributed by atoms with Crippen LogP contribution in [0.1, 0.15) is 36.9 Å². The van der Waals surface area contributed by atoms with Gasteiger partial charge >= 0.3 is 0 Å². The molecule has 2 aliphatic heterocycles. The number of hydrogen-bond donors (Lipinski definition) is 1. The fraction of sp³-hybridized carbons (Fsp3) is 0.667. The van der Waals surface area contributed by atoms with E-state index in [0.717, 1.165) is 55.9 Å². The topological polar surface area (TPSA) is 67.4 Å². The minimum absolute atomic E-state index is 0.221. The largest absolute Gasteiger partial charge is 0.378 e. The fourth-order valence-corrected chi connectivity index (χ4v) is 2.98. The molecule has 6 heteroatoms. The molecule has 1 aromatic rings. The maximum atomic E-state index is 12.3. The molecule has 0 spiro atoms. The zero-order valence-corrected chi connectivity index (χ0v) is 12.5. The van der Waals surface area contributed by atoms with Gasteiger partial charge in [0.25, 0.3) is 0 Å². The first-order valence-electron chi connectivity index (χ1n) is 7.69. The summed E-state index contributed by atoms with van der Waals surface area (Å²) in [5, 5.41) is 11.3. The third-order valence-corrected chi connectivity index (χ3v) is 4.25. The number of carbonyl (C=O) groups is 1. The zero-order valence-electron chi connectivity index (χ0n) is 12.5. The maximum Gasteiger partial charge on any atom is 0.222 e. The molecule has 1 aromatic heterocycles. The Morgan fingerprint density at radius 1 is 1.52 bits per heavy atom. The van der Waals surface area contributed by atoms with Crippen LogP contribution in [-0.2, 0) is 22.5 Å². The predicted molar refractivity (Wildman–Crippen MR) is 78.9 cm³/mol. The van der Waals surface area contributed by atoms with Crippen molar-refractivity contribution in [1.29, 1.82) is 0 Å². The summed E-state index contributed by atoms with van der Waals surface area (Å²) in [4.78, 5) is 14.3. The lowest BCUT2D eigenvalue weighted by molar-refractivity contribution is -0.132. The fourth-order valence-electron chi connectivity index (χ4n) is 2.98. The van der Waals surface area contributed by atoms with Crippen molar-refractivity contribution >= 4 is 11.7 Å². The average molecular weight is 290 g/mol. The number of ether oxygens (including phenoxy) is 1. The molecule has 0 unspecified atom stereocenters. The highest BCUT2D eigenvalue weighted by molar-refractivity contribution is 5.76. The van der Waals surface area contributed by atoms with Crippen molar-refractivity contribution in [3.05, 3.63) is 17.3 Å². The standard InChI is InChI=1S/C15H22N4O2/c1-16-14-9-11-10-19(7-6-13(11)17-18-14)15(20)5-4-12-3-2-8-21-12/h9,12H,2-8,10H2,1H3,(H,16,18)/t12-/m1/s1. The first kappa shape index (κ1) is 14.3. The van der Waals surface area contributed by atoms with Crippen LogP contribution in [0, 0.1) is 0 Å². The number of carbonyl (C=O) groups excluding carboxylic acids is 1. The van der Waals surface area contributed by atoms with Crippen LogP contribution >= 0.6 is 0 Å². The minimum Gasteiger partial charge on any atom is -0.378 e. The molecule has 0 bridgehead atoms. The lowest BCUT2D eigenvalue weighted by atomic mass is 10.0. The van der Waals surface area contributed by atoms with Gasteiger partial charge in [-0.15, -0.1) is 5.10 Å². The number of hydrogen-bond acceptors (Lipinski definition) is 5. The average Bonchev–Trinajstić information content (AvgIpc) is 3.04. The first-order chi connectivity index (χ1) is 10.3. The van der Waals surface area contributed by atoms with Crippen molar-refractivity contribution in [3.63, 3.8) is 0 Å². The van der Waals surface area contributed by atoms with E-state index in [1.165, 1.54) is 0 Å². The van der Waals surface area contributed by atoms with Crippen molar-refractivity contribution in [2.75, 3.05) is 25.5 Å². The van der Waals surface area contributed by atoms with E-state index in [4.69, 9.17) is 4.74 Å². The summed E-state index contributed by atoms with van der Waals surface area (Å²) >= 11 is 0. The molecule has 0 aromatic carbocycles. The number of nitrogens with zero attached hydrogens (tertiary/aromatic N) is 3. The summed E-state index contributed by atoms with van der Waals surface area (Å²) in [5.74, 6) is 0.973. The van der Waals surface area contributed by atoms with Gasteiger partial charge in [-0.25, -0.2) is 0 Å². The molecule has 3 rings (SSSR count). The number of rotatable bonds is 4. The third-order valence-electron chi connectivity index (χ3n) is 4.25. The highest BCUT2D eigenvalue weighted by Crippen LogP contribution is 2.21. The minimum atomic E-state index is 0.221. The van der Waals surface area contributed by atoms with Crippen LogP contribution in [0.5, 0.6) is 0 Å². The molecule has 1 amide bonds. The summed E-state index contributed by atoms with van der Waals surface area (Å²) in [7, 11) is 1.82. The normalized spacial score (nSPS) is 21.2. The van der Waals surface area contributed by atoms with Crippen LogP contribution < -0.4 is 5.32 Å². The highest BCUT2D eigenvalue weighted by Gasteiger charge is 2.24. The van der Waals surface area contributed by atoms with Gasteiger partial charge < -0.3 is 15.0 Å². The Labute approximate surface area is 124 Å². The number of aromatic nitrogens is 2. The molecule has 0 saturated carbocycles. The van der Waals surface area contributed by atoms with E-state index in [9.17, 15) is 4.79 Å². The van der Waals surface area contributed by atoms with Crippen LogP contribution in [0.4, 0.5) is 5.82 Å². The molecule has 1 atom stereocenters. The number of fused-ring (bicyclic) bond motifs is 1. The second-order valence-electron chi connectivity index (χ2n) is 5.69. The Morgan fingerprint density at radius 2 is 2.43 bits per heavy atom. The number of anilines is 1. The summed E-state index contributed by atoms with van der Waals surface area (Å²) in [5.41, 5.74) is 2.11. The second kappa shape index (κ2) is 6.39. The maximum absolute atomic E-state index is 12.3. The van der Waals surface area contributed by atoms with E-state index in [1.54, 1.807) is 0 Å². The van der Waals surface area contributed by atoms with Gasteiger partial charge in [-0.1, -0.05) is 0 Å². The third kappa shape index (κ3) is 3.32. The molecule has 0 aliphatic carbocycles. The SMILES string of the molecule is CNc1cc2c(nn1)CCN(C(=O)CC[C@H]1CCCO1)C2. The Bertz CT molecular complexity index is 514. The molecule has 2 aliphatic rings. The number of amides is 1. The van der Waals surface area contributed by atoms with Gasteiger partial charge in [-0.3, -0.25) is 4.79 Å². The van der Waals surface area contributed by atoms with E-state index in [-0.39, 0.29) is 12.0 Å². The van der Waals surface area contributed by atoms with Crippen LogP contribution in [0.15, 0.2) is 6.07 Å². The Kier molecular flexibility index (Phi) is 4.34. The Hall–Kier alpha value is -1.69. The number of nitrogens with one attached hydrogen (secondary N) is 1. The van der Waals surface area contributed by atoms with Crippen molar-refractivity contribution in [2.24, 2.45) is 0 Å². The van der Waals surface area contributed by atoms with Crippen LogP contribution in [0.2, 0.25) is 0 Å². The molecule has 1 N–H and O–H groups in total. The van der Waals surface area contributed by atoms with Crippen molar-refractivity contribution < 1.29 is 9.53 Å². The van der Waals surface area contributed by atoms with E-state index < -0.39 is 0 Å². The lowest BCUT2D eigenvalue weighted by Gasteiger charge is -2.28. The Morgan fingerprint density at radius 3 is 3.19 bits per heavy atom. The van der Waals surface area contributed by atoms with Crippen LogP contribution in [0.25, 0.3) is 0 Å². The Balaban J connectivity index is 1.58. The van der Waals surface area contributed by atoms with Gasteiger partial charge in [-0.2, -0.15) is 5.10 Å². The van der Waals surface area contributed by atoms with Gasteiger partial charge in [-0.05, 0) is 30.9 Å². The van der Waals surface area contributed by atoms with Crippen molar-refractivity contribution in [2.45, 2.75) is 44.8 Å². The van der Waals surface area contributed by atoms with Crippen molar-refractivity contribution in [3.8, 4) is 0 Å². The van der Waals surface area contributed by atoms with E-state index >= 15 is 0 Å². The molecule has 3 heterocycles. The zero-order chi connectivity index (χ0) is 14.7. The molecule has 21 heavy (non-hydrogen) atoms. The van der Waals surface area contributed by atoms with Crippen molar-refractivity contribution in [1.82, 2.24) is 15.1 Å². The summed E-state index contributed by atoms with van der Waals surface area (Å²) in [6.07, 6.45) is 4.72. The van der Waals surface area contributed by atoms with Gasteiger partial charge in [0.1, 0.15) is 5.82 Å². The summed E-state index contributed by atoms with van der Waals surface area (Å²) < 4.78 is 5.58. The smallest absolute Gasteiger partial charge is 0.222 e. The van der Waals surface area contributed by atoms with Crippen LogP contribution in [-0.4, -0.2) is 47.3 Å². The van der Waals surface area contributed by atoms with Gasteiger partial charge in [0.05, 0.1) is 11.8 Å². The first-order valence-corrected chi connectivity index (χ1v) is 7.69. The molecule has 1 saturated heterocycles. The quantitative estimate of drug-likeness (QED) is 0.907. The van der Waals surface area contributed by atoms with Gasteiger partial charge in [0.2, 0.25) is 5.91 Å². The monoisotopic (exact) mass is 290 g/mol. The molecule has 114 valence electrons. The molecule has 1 fully saturated rings. The molecular formula is C15H22N4O2. The predicted octanol–water partition coefficient (Wildman–Crippen LogP) is 1.36. The highest BCUT2D eigenvalue weighted by atomic mass is 16.5.